The van der Waals surface area contributed by atoms with E-state index in [1.54, 1.807) is 37.3 Å². The van der Waals surface area contributed by atoms with Crippen molar-refractivity contribution < 1.29 is 18.7 Å². The van der Waals surface area contributed by atoms with Crippen LogP contribution in [0.3, 0.4) is 0 Å². The number of amides is 1. The maximum absolute atomic E-state index is 13.0. The van der Waals surface area contributed by atoms with Gasteiger partial charge in [-0.2, -0.15) is 0 Å². The van der Waals surface area contributed by atoms with E-state index in [1.165, 1.54) is 12.1 Å². The second-order valence-corrected chi connectivity index (χ2v) is 7.42. The largest absolute Gasteiger partial charge is 0.462 e. The van der Waals surface area contributed by atoms with Crippen molar-refractivity contribution in [3.63, 3.8) is 0 Å². The van der Waals surface area contributed by atoms with Crippen LogP contribution in [0.15, 0.2) is 42.5 Å². The molecule has 0 saturated carbocycles. The van der Waals surface area contributed by atoms with Gasteiger partial charge in [-0.05, 0) is 81.2 Å². The van der Waals surface area contributed by atoms with Gasteiger partial charge in [0.05, 0.1) is 12.2 Å². The highest BCUT2D eigenvalue weighted by molar-refractivity contribution is 5.95. The zero-order valence-electron chi connectivity index (χ0n) is 16.9. The van der Waals surface area contributed by atoms with Crippen molar-refractivity contribution in [2.45, 2.75) is 33.2 Å². The summed E-state index contributed by atoms with van der Waals surface area (Å²) in [6.07, 6.45) is 1.57. The van der Waals surface area contributed by atoms with Crippen molar-refractivity contribution >= 4 is 17.6 Å². The third-order valence-corrected chi connectivity index (χ3v) is 5.27. The molecule has 1 aliphatic heterocycles. The minimum absolute atomic E-state index is 0.0124. The molecule has 3 rings (SSSR count). The van der Waals surface area contributed by atoms with Crippen LogP contribution in [-0.2, 0) is 16.1 Å². The molecule has 154 valence electrons. The van der Waals surface area contributed by atoms with Gasteiger partial charge in [-0.1, -0.05) is 12.1 Å². The average molecular weight is 398 g/mol. The van der Waals surface area contributed by atoms with Crippen LogP contribution >= 0.6 is 0 Å². The topological polar surface area (TPSA) is 58.6 Å². The fourth-order valence-corrected chi connectivity index (χ4v) is 3.58. The number of hydrogen-bond acceptors (Lipinski definition) is 4. The number of hydrogen-bond donors (Lipinski definition) is 1. The molecule has 0 atom stereocenters. The predicted octanol–water partition coefficient (Wildman–Crippen LogP) is 4.16. The Kier molecular flexibility index (Phi) is 6.99. The Bertz CT molecular complexity index is 859. The predicted molar refractivity (Wildman–Crippen MR) is 110 cm³/mol. The Morgan fingerprint density at radius 2 is 1.83 bits per heavy atom. The number of nitrogens with one attached hydrogen (secondary N) is 1. The number of ether oxygens (including phenoxy) is 1. The molecule has 1 saturated heterocycles. The average Bonchev–Trinajstić information content (AvgIpc) is 2.72. The number of nitrogens with zero attached hydrogens (tertiary/aromatic N) is 1. The van der Waals surface area contributed by atoms with Gasteiger partial charge in [0, 0.05) is 18.2 Å². The fourth-order valence-electron chi connectivity index (χ4n) is 3.58. The van der Waals surface area contributed by atoms with E-state index >= 15 is 0 Å². The number of piperidine rings is 1. The third kappa shape index (κ3) is 5.64. The van der Waals surface area contributed by atoms with E-state index in [2.05, 4.69) is 10.2 Å². The summed E-state index contributed by atoms with van der Waals surface area (Å²) in [5, 5.41) is 3.00. The highest BCUT2D eigenvalue weighted by Crippen LogP contribution is 2.23. The third-order valence-electron chi connectivity index (χ3n) is 5.27. The van der Waals surface area contributed by atoms with Crippen molar-refractivity contribution in [2.75, 3.05) is 25.0 Å². The number of carbonyl (C=O) groups excluding carboxylic acids is 2. The van der Waals surface area contributed by atoms with Crippen molar-refractivity contribution in [1.82, 2.24) is 4.90 Å². The molecule has 0 unspecified atom stereocenters. The normalized spacial score (nSPS) is 15.1. The molecule has 1 fully saturated rings. The quantitative estimate of drug-likeness (QED) is 0.743. The molecule has 1 N–H and O–H groups in total. The Labute approximate surface area is 170 Å². The maximum atomic E-state index is 13.0. The van der Waals surface area contributed by atoms with Gasteiger partial charge in [0.25, 0.3) is 0 Å². The number of rotatable bonds is 6. The van der Waals surface area contributed by atoms with Crippen LogP contribution in [0.25, 0.3) is 0 Å². The lowest BCUT2D eigenvalue weighted by Gasteiger charge is -2.31. The monoisotopic (exact) mass is 398 g/mol. The molecule has 1 heterocycles. The fraction of sp³-hybridized carbons (Fsp3) is 0.391. The molecule has 2 aromatic rings. The van der Waals surface area contributed by atoms with Crippen molar-refractivity contribution in [3.05, 3.63) is 65.0 Å². The van der Waals surface area contributed by atoms with Crippen LogP contribution < -0.4 is 5.32 Å². The summed E-state index contributed by atoms with van der Waals surface area (Å²) in [5.41, 5.74) is 3.11. The summed E-state index contributed by atoms with van der Waals surface area (Å²) >= 11 is 0. The zero-order chi connectivity index (χ0) is 20.8. The molecular weight excluding hydrogens is 371 g/mol. The first-order chi connectivity index (χ1) is 14.0. The first-order valence-electron chi connectivity index (χ1n) is 10.0. The minimum atomic E-state index is -0.359. The molecule has 1 aliphatic rings. The van der Waals surface area contributed by atoms with E-state index in [9.17, 15) is 14.0 Å². The van der Waals surface area contributed by atoms with E-state index in [1.807, 2.05) is 6.92 Å². The number of carbonyl (C=O) groups is 2. The summed E-state index contributed by atoms with van der Waals surface area (Å²) in [5.74, 6) is -0.612. The van der Waals surface area contributed by atoms with Gasteiger partial charge in [-0.15, -0.1) is 0 Å². The molecular formula is C23H27FN2O3. The number of esters is 1. The second kappa shape index (κ2) is 9.65. The molecule has 1 amide bonds. The van der Waals surface area contributed by atoms with E-state index in [0.717, 1.165) is 49.3 Å². The van der Waals surface area contributed by atoms with Crippen LogP contribution in [0.4, 0.5) is 10.1 Å². The molecule has 0 radical (unpaired) electrons. The van der Waals surface area contributed by atoms with Crippen LogP contribution in [0, 0.1) is 18.7 Å². The van der Waals surface area contributed by atoms with Crippen molar-refractivity contribution in [2.24, 2.45) is 5.92 Å². The molecule has 0 aliphatic carbocycles. The molecule has 0 bridgehead atoms. The Morgan fingerprint density at radius 1 is 1.14 bits per heavy atom. The van der Waals surface area contributed by atoms with Gasteiger partial charge in [0.2, 0.25) is 5.91 Å². The maximum Gasteiger partial charge on any atom is 0.338 e. The van der Waals surface area contributed by atoms with Crippen molar-refractivity contribution in [1.29, 1.82) is 0 Å². The minimum Gasteiger partial charge on any atom is -0.462 e. The molecule has 2 aromatic carbocycles. The first-order valence-corrected chi connectivity index (χ1v) is 10.0. The van der Waals surface area contributed by atoms with Crippen LogP contribution in [0.2, 0.25) is 0 Å². The lowest BCUT2D eigenvalue weighted by atomic mass is 9.95. The molecule has 0 aromatic heterocycles. The van der Waals surface area contributed by atoms with Crippen LogP contribution in [-0.4, -0.2) is 36.5 Å². The molecule has 29 heavy (non-hydrogen) atoms. The smallest absolute Gasteiger partial charge is 0.338 e. The van der Waals surface area contributed by atoms with Crippen LogP contribution in [0.5, 0.6) is 0 Å². The number of aryl methyl sites for hydroxylation is 1. The van der Waals surface area contributed by atoms with Gasteiger partial charge in [-0.3, -0.25) is 9.69 Å². The van der Waals surface area contributed by atoms with Crippen molar-refractivity contribution in [3.8, 4) is 0 Å². The van der Waals surface area contributed by atoms with Gasteiger partial charge in [-0.25, -0.2) is 9.18 Å². The number of likely N-dealkylation sites (tertiary alicyclic amines) is 1. The van der Waals surface area contributed by atoms with E-state index < -0.39 is 0 Å². The zero-order valence-corrected chi connectivity index (χ0v) is 16.9. The Morgan fingerprint density at radius 3 is 2.45 bits per heavy atom. The highest BCUT2D eigenvalue weighted by Gasteiger charge is 2.25. The summed E-state index contributed by atoms with van der Waals surface area (Å²) in [4.78, 5) is 26.8. The van der Waals surface area contributed by atoms with Gasteiger partial charge < -0.3 is 10.1 Å². The lowest BCUT2D eigenvalue weighted by molar-refractivity contribution is -0.121. The first kappa shape index (κ1) is 21.0. The summed E-state index contributed by atoms with van der Waals surface area (Å²) < 4.78 is 18.0. The Hall–Kier alpha value is -2.73. The number of anilines is 1. The lowest BCUT2D eigenvalue weighted by Crippen LogP contribution is -2.37. The van der Waals surface area contributed by atoms with Crippen LogP contribution in [0.1, 0.15) is 41.3 Å². The van der Waals surface area contributed by atoms with E-state index in [0.29, 0.717) is 12.2 Å². The van der Waals surface area contributed by atoms with Gasteiger partial charge in [0.15, 0.2) is 0 Å². The van der Waals surface area contributed by atoms with Gasteiger partial charge >= 0.3 is 5.97 Å². The van der Waals surface area contributed by atoms with E-state index in [4.69, 9.17) is 4.74 Å². The standard InChI is InChI=1S/C23H27FN2O3/c1-3-29-23(28)19-6-9-21(16(2)14-19)25-22(27)18-10-12-26(13-11-18)15-17-4-7-20(24)8-5-17/h4-9,14,18H,3,10-13,15H2,1-2H3,(H,25,27). The number of benzene rings is 2. The number of halogens is 1. The second-order valence-electron chi connectivity index (χ2n) is 7.42. The Balaban J connectivity index is 1.52. The SMILES string of the molecule is CCOC(=O)c1ccc(NC(=O)C2CCN(Cc3ccc(F)cc3)CC2)c(C)c1. The van der Waals surface area contributed by atoms with Gasteiger partial charge in [0.1, 0.15) is 5.82 Å². The summed E-state index contributed by atoms with van der Waals surface area (Å²) in [7, 11) is 0. The summed E-state index contributed by atoms with van der Waals surface area (Å²) in [6, 6.07) is 11.7. The molecule has 5 nitrogen and oxygen atoms in total. The summed E-state index contributed by atoms with van der Waals surface area (Å²) in [6.45, 7) is 6.39. The van der Waals surface area contributed by atoms with E-state index in [-0.39, 0.29) is 23.6 Å². The molecule has 0 spiro atoms. The molecule has 6 heteroatoms. The highest BCUT2D eigenvalue weighted by atomic mass is 19.1.